The van der Waals surface area contributed by atoms with E-state index in [0.717, 1.165) is 84.1 Å². The number of aryl methyl sites for hydroxylation is 2. The number of hydrogen-bond acceptors (Lipinski definition) is 16. The maximum absolute atomic E-state index is 13.0. The minimum atomic E-state index is -0.834. The molecule has 0 saturated carbocycles. The minimum Gasteiger partial charge on any atom is -0.399 e. The summed E-state index contributed by atoms with van der Waals surface area (Å²) < 4.78 is 56.2. The lowest BCUT2D eigenvalue weighted by Gasteiger charge is -2.00. The summed E-state index contributed by atoms with van der Waals surface area (Å²) in [5, 5.41) is 43.2. The van der Waals surface area contributed by atoms with Crippen molar-refractivity contribution in [1.29, 1.82) is 0 Å². The molecular weight excluding hydrogens is 774 g/mol. The molecule has 0 aliphatic carbocycles. The van der Waals surface area contributed by atoms with Gasteiger partial charge in [0.1, 0.15) is 23.3 Å². The highest BCUT2D eigenvalue weighted by atomic mass is 19.1. The number of nitrogens with two attached hydrogens (primary N) is 3. The smallest absolute Gasteiger partial charge is 0.368 e. The number of nitro groups is 2. The number of tetrazole rings is 3. The molecule has 57 heavy (non-hydrogen) atoms. The van der Waals surface area contributed by atoms with Gasteiger partial charge in [-0.2, -0.15) is 23.4 Å². The molecule has 7 rings (SSSR count). The second-order valence-corrected chi connectivity index (χ2v) is 10.9. The Bertz CT molecular complexity index is 2590. The zero-order valence-electron chi connectivity index (χ0n) is 28.8. The van der Waals surface area contributed by atoms with Crippen molar-refractivity contribution >= 4 is 28.4 Å². The lowest BCUT2D eigenvalue weighted by atomic mass is 10.3. The van der Waals surface area contributed by atoms with E-state index in [0.29, 0.717) is 0 Å². The molecule has 296 valence electrons. The van der Waals surface area contributed by atoms with Crippen LogP contribution in [0.15, 0.2) is 87.2 Å². The van der Waals surface area contributed by atoms with Crippen LogP contribution in [0.4, 0.5) is 46.0 Å². The fraction of sp³-hybridized carbons (Fsp3) is 0.0690. The summed E-state index contributed by atoms with van der Waals surface area (Å²) in [7, 11) is 2.91. The number of H-pyrrole nitrogens is 1. The van der Waals surface area contributed by atoms with Gasteiger partial charge in [0.15, 0.2) is 0 Å². The molecule has 0 spiro atoms. The van der Waals surface area contributed by atoms with Crippen molar-refractivity contribution in [2.45, 2.75) is 0 Å². The van der Waals surface area contributed by atoms with Gasteiger partial charge in [0.05, 0.1) is 39.0 Å². The molecule has 4 aromatic carbocycles. The number of benzene rings is 4. The van der Waals surface area contributed by atoms with Crippen LogP contribution in [0.3, 0.4) is 0 Å². The third kappa shape index (κ3) is 10.7. The Morgan fingerprint density at radius 3 is 1.23 bits per heavy atom. The van der Waals surface area contributed by atoms with Gasteiger partial charge in [-0.05, 0) is 73.7 Å². The van der Waals surface area contributed by atoms with E-state index in [9.17, 15) is 52.2 Å². The molecule has 0 unspecified atom stereocenters. The van der Waals surface area contributed by atoms with Gasteiger partial charge in [0.2, 0.25) is 0 Å². The van der Waals surface area contributed by atoms with Crippen LogP contribution in [-0.4, -0.2) is 69.6 Å². The summed E-state index contributed by atoms with van der Waals surface area (Å²) in [5.41, 5.74) is 14.6. The fourth-order valence-electron chi connectivity index (χ4n) is 4.24. The maximum Gasteiger partial charge on any atom is 0.368 e. The molecule has 0 aliphatic rings. The van der Waals surface area contributed by atoms with E-state index >= 15 is 0 Å². The van der Waals surface area contributed by atoms with Gasteiger partial charge in [-0.15, -0.1) is 0 Å². The van der Waals surface area contributed by atoms with Crippen LogP contribution < -0.4 is 34.3 Å². The van der Waals surface area contributed by atoms with Crippen LogP contribution >= 0.6 is 0 Å². The van der Waals surface area contributed by atoms with Crippen molar-refractivity contribution in [2.24, 2.45) is 14.1 Å². The number of nitrogen functional groups attached to an aromatic ring is 3. The topological polar surface area (TPSA) is 333 Å². The molecule has 7 N–H and O–H groups in total. The number of nitrogens with zero attached hydrogens (tertiary/aromatic N) is 13. The number of rotatable bonds is 5. The second-order valence-electron chi connectivity index (χ2n) is 10.9. The quantitative estimate of drug-likeness (QED) is 0.0805. The minimum absolute atomic E-state index is 0.0525. The van der Waals surface area contributed by atoms with Gasteiger partial charge in [-0.3, -0.25) is 20.2 Å². The predicted molar refractivity (Wildman–Crippen MR) is 188 cm³/mol. The van der Waals surface area contributed by atoms with Gasteiger partial charge in [0.25, 0.3) is 11.4 Å². The van der Waals surface area contributed by atoms with Gasteiger partial charge < -0.3 is 17.2 Å². The molecule has 0 atom stereocenters. The number of nitro benzene ring substituents is 2. The molecule has 28 heteroatoms. The van der Waals surface area contributed by atoms with Crippen molar-refractivity contribution in [2.75, 3.05) is 17.2 Å². The normalized spacial score (nSPS) is 10.3. The lowest BCUT2D eigenvalue weighted by molar-refractivity contribution is -0.385. The van der Waals surface area contributed by atoms with Gasteiger partial charge in [0, 0.05) is 49.4 Å². The lowest BCUT2D eigenvalue weighted by Crippen LogP contribution is -2.22. The molecule has 0 amide bonds. The Labute approximate surface area is 311 Å². The number of anilines is 3. The SMILES string of the molecule is Cn1nnn(-c2cc(N)cc(F)c2)c1=O.Cn1nnn(-c2cc(N)cc(F)c2)c1=O.Nc1cc(F)cc([N+](=O)[O-])c1.O=c1[nH]nnn1-c1cc(F)cc([N+](=O)[O-])c1. The van der Waals surface area contributed by atoms with Crippen molar-refractivity contribution in [3.63, 3.8) is 0 Å². The van der Waals surface area contributed by atoms with Crippen LogP contribution in [0, 0.1) is 43.5 Å². The molecule has 3 aromatic heterocycles. The van der Waals surface area contributed by atoms with E-state index in [2.05, 4.69) is 31.3 Å². The first kappa shape index (κ1) is 41.2. The summed E-state index contributed by atoms with van der Waals surface area (Å²) in [4.78, 5) is 53.1. The average Bonchev–Trinajstić information content (AvgIpc) is 3.81. The highest BCUT2D eigenvalue weighted by Crippen LogP contribution is 2.18. The van der Waals surface area contributed by atoms with Crippen LogP contribution in [-0.2, 0) is 14.1 Å². The van der Waals surface area contributed by atoms with Crippen molar-refractivity contribution in [1.82, 2.24) is 59.8 Å². The number of aromatic amines is 1. The summed E-state index contributed by atoms with van der Waals surface area (Å²) >= 11 is 0. The van der Waals surface area contributed by atoms with E-state index in [1.165, 1.54) is 26.2 Å². The molecule has 0 aliphatic heterocycles. The Morgan fingerprint density at radius 2 is 0.895 bits per heavy atom. The molecular formula is C29H25F4N17O7. The Hall–Kier alpha value is -8.59. The fourth-order valence-corrected chi connectivity index (χ4v) is 4.24. The number of nitrogens with one attached hydrogen (secondary N) is 1. The second kappa shape index (κ2) is 17.5. The van der Waals surface area contributed by atoms with Crippen LogP contribution in [0.25, 0.3) is 17.1 Å². The first-order valence-corrected chi connectivity index (χ1v) is 15.1. The zero-order chi connectivity index (χ0) is 42.1. The third-order valence-electron chi connectivity index (χ3n) is 6.65. The molecule has 0 saturated heterocycles. The number of halogens is 4. The largest absolute Gasteiger partial charge is 0.399 e. The number of non-ortho nitro benzene ring substituents is 2. The molecule has 24 nitrogen and oxygen atoms in total. The van der Waals surface area contributed by atoms with Crippen molar-refractivity contribution in [3.05, 3.63) is 148 Å². The van der Waals surface area contributed by atoms with E-state index in [1.807, 2.05) is 5.10 Å². The van der Waals surface area contributed by atoms with Gasteiger partial charge in [-0.1, -0.05) is 0 Å². The Morgan fingerprint density at radius 1 is 0.526 bits per heavy atom. The first-order chi connectivity index (χ1) is 26.8. The van der Waals surface area contributed by atoms with Crippen LogP contribution in [0.5, 0.6) is 0 Å². The average molecular weight is 800 g/mol. The molecule has 3 heterocycles. The van der Waals surface area contributed by atoms with Crippen LogP contribution in [0.1, 0.15) is 0 Å². The molecule has 0 radical (unpaired) electrons. The zero-order valence-corrected chi connectivity index (χ0v) is 28.8. The summed E-state index contributed by atoms with van der Waals surface area (Å²) in [5.74, 6) is -2.58. The summed E-state index contributed by atoms with van der Waals surface area (Å²) in [6.45, 7) is 0. The number of aromatic nitrogens is 12. The summed E-state index contributed by atoms with van der Waals surface area (Å²) in [6, 6.07) is 13.2. The Balaban J connectivity index is 0.000000170. The van der Waals surface area contributed by atoms with E-state index in [4.69, 9.17) is 17.2 Å². The standard InChI is InChI=1S/2C8H8FN5O.C7H4FN5O3.C6H5FN2O2/c2*1-13-8(15)14(12-11-13)7-3-5(9)2-6(10)4-7;8-4-1-5(3-6(2-4)13(15)16)12-7(14)9-10-11-12;7-4-1-5(8)3-6(2-4)9(10)11/h2*2-4H,10H2,1H3;1-3H,(H,9,11,14);1-3H,8H2. The van der Waals surface area contributed by atoms with Crippen molar-refractivity contribution in [3.8, 4) is 17.1 Å². The van der Waals surface area contributed by atoms with Gasteiger partial charge >= 0.3 is 17.1 Å². The first-order valence-electron chi connectivity index (χ1n) is 15.1. The van der Waals surface area contributed by atoms with E-state index in [-0.39, 0.29) is 39.8 Å². The van der Waals surface area contributed by atoms with Crippen LogP contribution in [0.2, 0.25) is 0 Å². The molecule has 0 bridgehead atoms. The highest BCUT2D eigenvalue weighted by molar-refractivity contribution is 5.49. The third-order valence-corrected chi connectivity index (χ3v) is 6.65. The highest BCUT2D eigenvalue weighted by Gasteiger charge is 2.13. The number of hydrogen-bond donors (Lipinski definition) is 4. The maximum atomic E-state index is 13.0. The van der Waals surface area contributed by atoms with Crippen molar-refractivity contribution < 1.29 is 27.4 Å². The van der Waals surface area contributed by atoms with E-state index < -0.39 is 55.9 Å². The molecule has 0 fully saturated rings. The molecule has 7 aromatic rings. The van der Waals surface area contributed by atoms with Gasteiger partial charge in [-0.25, -0.2) is 37.0 Å². The predicted octanol–water partition coefficient (Wildman–Crippen LogP) is 0.694. The summed E-state index contributed by atoms with van der Waals surface area (Å²) in [6.07, 6.45) is 0. The van der Waals surface area contributed by atoms with E-state index in [1.54, 1.807) is 0 Å². The Kier molecular flexibility index (Phi) is 12.6. The monoisotopic (exact) mass is 799 g/mol.